The monoisotopic (exact) mass is 341 g/mol. The SMILES string of the molecule is C=CCOC(=O)c1c(C)oc2cc(OC)c(OS(=O)(=O)[O-])cc12. The zero-order valence-corrected chi connectivity index (χ0v) is 13.1. The van der Waals surface area contributed by atoms with Gasteiger partial charge in [-0.2, -0.15) is 0 Å². The molecule has 0 unspecified atom stereocenters. The van der Waals surface area contributed by atoms with Gasteiger partial charge in [-0.25, -0.2) is 13.2 Å². The van der Waals surface area contributed by atoms with E-state index in [0.717, 1.165) is 0 Å². The third-order valence-corrected chi connectivity index (χ3v) is 3.26. The highest BCUT2D eigenvalue weighted by molar-refractivity contribution is 7.81. The maximum Gasteiger partial charge on any atom is 0.342 e. The standard InChI is InChI=1S/C14H14O8S/c1-4-5-20-14(15)13-8(2)21-10-7-11(19-3)12(6-9(10)13)22-23(16,17)18/h4,6-7H,1,5H2,2-3H3,(H,16,17,18)/p-1. The van der Waals surface area contributed by atoms with Gasteiger partial charge in [0.05, 0.1) is 7.11 Å². The van der Waals surface area contributed by atoms with Crippen molar-refractivity contribution >= 4 is 27.3 Å². The Morgan fingerprint density at radius 2 is 2.09 bits per heavy atom. The van der Waals surface area contributed by atoms with Crippen LogP contribution in [0.5, 0.6) is 11.5 Å². The van der Waals surface area contributed by atoms with Gasteiger partial charge in [-0.3, -0.25) is 0 Å². The molecule has 0 amide bonds. The Kier molecular flexibility index (Phi) is 4.62. The van der Waals surface area contributed by atoms with Crippen molar-refractivity contribution in [3.63, 3.8) is 0 Å². The summed E-state index contributed by atoms with van der Waals surface area (Å²) in [4.78, 5) is 12.1. The van der Waals surface area contributed by atoms with Gasteiger partial charge < -0.3 is 22.6 Å². The van der Waals surface area contributed by atoms with E-state index in [1.165, 1.54) is 25.3 Å². The number of benzene rings is 1. The van der Waals surface area contributed by atoms with Crippen LogP contribution in [0.2, 0.25) is 0 Å². The van der Waals surface area contributed by atoms with Crippen molar-refractivity contribution in [2.45, 2.75) is 6.92 Å². The van der Waals surface area contributed by atoms with Crippen molar-refractivity contribution in [3.8, 4) is 11.5 Å². The van der Waals surface area contributed by atoms with Gasteiger partial charge in [-0.05, 0) is 13.0 Å². The van der Waals surface area contributed by atoms with Crippen molar-refractivity contribution < 1.29 is 35.8 Å². The smallest absolute Gasteiger partial charge is 0.342 e. The van der Waals surface area contributed by atoms with Crippen molar-refractivity contribution in [2.24, 2.45) is 0 Å². The summed E-state index contributed by atoms with van der Waals surface area (Å²) in [5, 5.41) is 0.232. The first-order chi connectivity index (χ1) is 10.8. The lowest BCUT2D eigenvalue weighted by atomic mass is 10.1. The first-order valence-electron chi connectivity index (χ1n) is 6.31. The van der Waals surface area contributed by atoms with Crippen LogP contribution in [0.4, 0.5) is 0 Å². The van der Waals surface area contributed by atoms with Crippen molar-refractivity contribution in [3.05, 3.63) is 36.1 Å². The third-order valence-electron chi connectivity index (χ3n) is 2.88. The number of esters is 1. The molecule has 124 valence electrons. The van der Waals surface area contributed by atoms with Crippen LogP contribution >= 0.6 is 0 Å². The number of methoxy groups -OCH3 is 1. The second-order valence-corrected chi connectivity index (χ2v) is 5.39. The van der Waals surface area contributed by atoms with Gasteiger partial charge in [0, 0.05) is 11.5 Å². The number of carbonyl (C=O) groups is 1. The van der Waals surface area contributed by atoms with E-state index in [4.69, 9.17) is 13.9 Å². The quantitative estimate of drug-likeness (QED) is 0.339. The Morgan fingerprint density at radius 1 is 1.39 bits per heavy atom. The minimum atomic E-state index is -5.01. The highest BCUT2D eigenvalue weighted by Gasteiger charge is 2.22. The molecule has 0 aliphatic carbocycles. The first-order valence-corrected chi connectivity index (χ1v) is 7.64. The average Bonchev–Trinajstić information content (AvgIpc) is 2.77. The summed E-state index contributed by atoms with van der Waals surface area (Å²) in [6.07, 6.45) is 1.40. The van der Waals surface area contributed by atoms with Gasteiger partial charge in [-0.1, -0.05) is 12.7 Å². The predicted molar refractivity (Wildman–Crippen MR) is 78.3 cm³/mol. The molecule has 1 aromatic carbocycles. The number of aryl methyl sites for hydroxylation is 1. The molecule has 8 nitrogen and oxygen atoms in total. The van der Waals surface area contributed by atoms with Gasteiger partial charge in [0.25, 0.3) is 10.4 Å². The number of carbonyl (C=O) groups excluding carboxylic acids is 1. The van der Waals surface area contributed by atoms with Crippen LogP contribution in [-0.2, 0) is 15.1 Å². The fourth-order valence-electron chi connectivity index (χ4n) is 2.02. The predicted octanol–water partition coefficient (Wildman–Crippen LogP) is 1.93. The number of furan rings is 1. The number of hydrogen-bond acceptors (Lipinski definition) is 8. The molecule has 0 saturated heterocycles. The van der Waals surface area contributed by atoms with E-state index in [-0.39, 0.29) is 40.4 Å². The number of fused-ring (bicyclic) bond motifs is 1. The van der Waals surface area contributed by atoms with Crippen LogP contribution in [0, 0.1) is 6.92 Å². The van der Waals surface area contributed by atoms with E-state index in [2.05, 4.69) is 10.8 Å². The molecule has 1 aromatic heterocycles. The summed E-state index contributed by atoms with van der Waals surface area (Å²) in [5.74, 6) is -0.800. The van der Waals surface area contributed by atoms with E-state index in [9.17, 15) is 17.8 Å². The number of ether oxygens (including phenoxy) is 2. The van der Waals surface area contributed by atoms with Crippen molar-refractivity contribution in [1.29, 1.82) is 0 Å². The van der Waals surface area contributed by atoms with Gasteiger partial charge in [0.2, 0.25) is 0 Å². The van der Waals surface area contributed by atoms with E-state index in [1.807, 2.05) is 0 Å². The molecule has 2 rings (SSSR count). The third kappa shape index (κ3) is 3.63. The molecule has 0 aliphatic heterocycles. The zero-order valence-electron chi connectivity index (χ0n) is 12.3. The molecule has 23 heavy (non-hydrogen) atoms. The second-order valence-electron chi connectivity index (χ2n) is 4.41. The fraction of sp³-hybridized carbons (Fsp3) is 0.214. The lowest BCUT2D eigenvalue weighted by Crippen LogP contribution is -2.08. The lowest BCUT2D eigenvalue weighted by Gasteiger charge is -2.12. The number of hydrogen-bond donors (Lipinski definition) is 0. The van der Waals surface area contributed by atoms with Crippen LogP contribution in [0.25, 0.3) is 11.0 Å². The van der Waals surface area contributed by atoms with E-state index >= 15 is 0 Å². The van der Waals surface area contributed by atoms with E-state index in [0.29, 0.717) is 0 Å². The molecule has 2 aromatic rings. The summed E-state index contributed by atoms with van der Waals surface area (Å²) in [6.45, 7) is 4.98. The summed E-state index contributed by atoms with van der Waals surface area (Å²) in [5.41, 5.74) is 0.346. The molecule has 0 saturated carbocycles. The maximum atomic E-state index is 12.1. The van der Waals surface area contributed by atoms with Gasteiger partial charge in [-0.15, -0.1) is 0 Å². The van der Waals surface area contributed by atoms with E-state index in [1.54, 1.807) is 6.92 Å². The Hall–Kier alpha value is -2.52. The largest absolute Gasteiger partial charge is 0.716 e. The maximum absolute atomic E-state index is 12.1. The minimum Gasteiger partial charge on any atom is -0.716 e. The molecule has 0 fully saturated rings. The molecule has 0 aliphatic rings. The molecule has 9 heteroatoms. The molecule has 0 radical (unpaired) electrons. The van der Waals surface area contributed by atoms with Gasteiger partial charge >= 0.3 is 5.97 Å². The van der Waals surface area contributed by atoms with Gasteiger partial charge in [0.1, 0.15) is 23.5 Å². The Labute approximate surface area is 132 Å². The Bertz CT molecular complexity index is 863. The summed E-state index contributed by atoms with van der Waals surface area (Å²) in [6, 6.07) is 2.48. The molecular weight excluding hydrogens is 328 g/mol. The Balaban J connectivity index is 2.61. The molecule has 0 spiro atoms. The molecule has 0 bridgehead atoms. The van der Waals surface area contributed by atoms with Crippen LogP contribution in [-0.4, -0.2) is 32.7 Å². The van der Waals surface area contributed by atoms with Crippen molar-refractivity contribution in [1.82, 2.24) is 0 Å². The van der Waals surface area contributed by atoms with Crippen LogP contribution in [0.3, 0.4) is 0 Å². The summed E-state index contributed by atoms with van der Waals surface area (Å²) < 4.78 is 52.1. The zero-order chi connectivity index (χ0) is 17.2. The van der Waals surface area contributed by atoms with Gasteiger partial charge in [0.15, 0.2) is 11.5 Å². The van der Waals surface area contributed by atoms with Crippen LogP contribution < -0.4 is 8.92 Å². The van der Waals surface area contributed by atoms with Crippen LogP contribution in [0.1, 0.15) is 16.1 Å². The highest BCUT2D eigenvalue weighted by atomic mass is 32.3. The number of rotatable bonds is 6. The highest BCUT2D eigenvalue weighted by Crippen LogP contribution is 2.37. The average molecular weight is 341 g/mol. The molecular formula is C14H13O8S-. The first kappa shape index (κ1) is 16.8. The van der Waals surface area contributed by atoms with E-state index < -0.39 is 16.4 Å². The minimum absolute atomic E-state index is 0.000597. The lowest BCUT2D eigenvalue weighted by molar-refractivity contribution is 0.0549. The molecule has 0 N–H and O–H groups in total. The second kappa shape index (κ2) is 6.31. The fourth-order valence-corrected chi connectivity index (χ4v) is 2.37. The molecule has 1 heterocycles. The normalized spacial score (nSPS) is 11.3. The van der Waals surface area contributed by atoms with Crippen molar-refractivity contribution in [2.75, 3.05) is 13.7 Å². The molecule has 0 atom stereocenters. The topological polar surface area (TPSA) is 115 Å². The van der Waals surface area contributed by atoms with Crippen LogP contribution in [0.15, 0.2) is 29.2 Å². The Morgan fingerprint density at radius 3 is 2.65 bits per heavy atom. The summed E-state index contributed by atoms with van der Waals surface area (Å²) in [7, 11) is -3.74. The summed E-state index contributed by atoms with van der Waals surface area (Å²) >= 11 is 0.